The smallest absolute Gasteiger partial charge is 0.216 e. The molecule has 132 valence electrons. The number of aryl methyl sites for hydroxylation is 4. The zero-order valence-corrected chi connectivity index (χ0v) is 15.1. The van der Waals surface area contributed by atoms with Gasteiger partial charge < -0.3 is 19.6 Å². The average molecular weight is 333 g/mol. The molecule has 2 aromatic rings. The van der Waals surface area contributed by atoms with Gasteiger partial charge in [-0.3, -0.25) is 0 Å². The van der Waals surface area contributed by atoms with Crippen LogP contribution in [0.2, 0.25) is 0 Å². The monoisotopic (exact) mass is 333 g/mol. The molecule has 0 aliphatic carbocycles. The van der Waals surface area contributed by atoms with Crippen LogP contribution in [0.15, 0.2) is 23.1 Å². The molecule has 24 heavy (non-hydrogen) atoms. The third-order valence-electron chi connectivity index (χ3n) is 4.02. The van der Waals surface area contributed by atoms with E-state index in [0.29, 0.717) is 19.7 Å². The standard InChI is InChI=1S/C18H27N3O3/c1-7-8-23-17-15(13(3)20-21(17)6)10-19-11-18(5,22)16-9-12(2)24-14(16)4/h7,9,19,22H,1,8,10-11H2,2-6H3. The predicted molar refractivity (Wildman–Crippen MR) is 93.1 cm³/mol. The van der Waals surface area contributed by atoms with E-state index in [0.717, 1.165) is 34.2 Å². The lowest BCUT2D eigenvalue weighted by Crippen LogP contribution is -2.35. The molecule has 0 bridgehead atoms. The topological polar surface area (TPSA) is 72.4 Å². The van der Waals surface area contributed by atoms with Crippen LogP contribution >= 0.6 is 0 Å². The highest BCUT2D eigenvalue weighted by molar-refractivity contribution is 5.31. The summed E-state index contributed by atoms with van der Waals surface area (Å²) < 4.78 is 12.9. The summed E-state index contributed by atoms with van der Waals surface area (Å²) in [6.45, 7) is 12.5. The van der Waals surface area contributed by atoms with Gasteiger partial charge >= 0.3 is 0 Å². The minimum atomic E-state index is -1.01. The van der Waals surface area contributed by atoms with E-state index in [9.17, 15) is 5.11 Å². The normalized spacial score (nSPS) is 13.8. The molecule has 0 radical (unpaired) electrons. The van der Waals surface area contributed by atoms with E-state index in [1.807, 2.05) is 33.9 Å². The Morgan fingerprint density at radius 1 is 1.46 bits per heavy atom. The first kappa shape index (κ1) is 18.3. The summed E-state index contributed by atoms with van der Waals surface area (Å²) in [5, 5.41) is 18.4. The Balaban J connectivity index is 2.06. The van der Waals surface area contributed by atoms with Crippen LogP contribution in [0.5, 0.6) is 5.88 Å². The molecular weight excluding hydrogens is 306 g/mol. The van der Waals surface area contributed by atoms with Crippen molar-refractivity contribution in [2.75, 3.05) is 13.2 Å². The number of furan rings is 1. The van der Waals surface area contributed by atoms with Gasteiger partial charge in [0, 0.05) is 25.7 Å². The quantitative estimate of drug-likeness (QED) is 0.726. The maximum absolute atomic E-state index is 10.8. The fourth-order valence-electron chi connectivity index (χ4n) is 2.89. The van der Waals surface area contributed by atoms with Crippen molar-refractivity contribution in [3.05, 3.63) is 47.1 Å². The van der Waals surface area contributed by atoms with Crippen LogP contribution in [-0.4, -0.2) is 28.0 Å². The highest BCUT2D eigenvalue weighted by Crippen LogP contribution is 2.27. The van der Waals surface area contributed by atoms with Gasteiger partial charge in [-0.15, -0.1) is 0 Å². The van der Waals surface area contributed by atoms with Gasteiger partial charge in [-0.2, -0.15) is 5.10 Å². The second kappa shape index (κ2) is 7.23. The van der Waals surface area contributed by atoms with E-state index in [4.69, 9.17) is 9.15 Å². The maximum atomic E-state index is 10.8. The molecule has 6 heteroatoms. The van der Waals surface area contributed by atoms with Crippen LogP contribution in [0, 0.1) is 20.8 Å². The van der Waals surface area contributed by atoms with Crippen molar-refractivity contribution in [3.63, 3.8) is 0 Å². The Morgan fingerprint density at radius 2 is 2.17 bits per heavy atom. The first-order chi connectivity index (χ1) is 11.3. The van der Waals surface area contributed by atoms with Crippen LogP contribution in [0.1, 0.15) is 35.3 Å². The van der Waals surface area contributed by atoms with Crippen LogP contribution in [0.3, 0.4) is 0 Å². The zero-order chi connectivity index (χ0) is 17.9. The average Bonchev–Trinajstić information content (AvgIpc) is 2.97. The first-order valence-corrected chi connectivity index (χ1v) is 8.03. The SMILES string of the molecule is C=CCOc1c(CNCC(C)(O)c2cc(C)oc2C)c(C)nn1C. The second-order valence-corrected chi connectivity index (χ2v) is 6.30. The largest absolute Gasteiger partial charge is 0.473 e. The van der Waals surface area contributed by atoms with Gasteiger partial charge in [-0.1, -0.05) is 12.7 Å². The number of aromatic nitrogens is 2. The van der Waals surface area contributed by atoms with E-state index in [2.05, 4.69) is 17.0 Å². The van der Waals surface area contributed by atoms with E-state index in [-0.39, 0.29) is 0 Å². The van der Waals surface area contributed by atoms with E-state index >= 15 is 0 Å². The van der Waals surface area contributed by atoms with E-state index in [1.165, 1.54) is 0 Å². The van der Waals surface area contributed by atoms with Crippen LogP contribution < -0.4 is 10.1 Å². The van der Waals surface area contributed by atoms with Gasteiger partial charge in [-0.25, -0.2) is 4.68 Å². The van der Waals surface area contributed by atoms with Crippen molar-refractivity contribution in [2.45, 2.75) is 39.8 Å². The predicted octanol–water partition coefficient (Wildman–Crippen LogP) is 2.50. The lowest BCUT2D eigenvalue weighted by atomic mass is 9.96. The van der Waals surface area contributed by atoms with Crippen molar-refractivity contribution in [2.24, 2.45) is 7.05 Å². The summed E-state index contributed by atoms with van der Waals surface area (Å²) in [6.07, 6.45) is 1.70. The molecule has 0 amide bonds. The summed E-state index contributed by atoms with van der Waals surface area (Å²) in [6, 6.07) is 1.88. The molecule has 1 atom stereocenters. The van der Waals surface area contributed by atoms with Crippen molar-refractivity contribution >= 4 is 0 Å². The Labute approximate surface area is 143 Å². The summed E-state index contributed by atoms with van der Waals surface area (Å²) in [7, 11) is 1.85. The van der Waals surface area contributed by atoms with Crippen molar-refractivity contribution in [3.8, 4) is 5.88 Å². The second-order valence-electron chi connectivity index (χ2n) is 6.30. The molecule has 0 spiro atoms. The van der Waals surface area contributed by atoms with Crippen molar-refractivity contribution in [1.29, 1.82) is 0 Å². The fourth-order valence-corrected chi connectivity index (χ4v) is 2.89. The van der Waals surface area contributed by atoms with E-state index in [1.54, 1.807) is 17.7 Å². The first-order valence-electron chi connectivity index (χ1n) is 8.03. The number of ether oxygens (including phenoxy) is 1. The number of aliphatic hydroxyl groups is 1. The van der Waals surface area contributed by atoms with Gasteiger partial charge in [0.05, 0.1) is 11.3 Å². The minimum absolute atomic E-state index is 0.391. The molecule has 2 heterocycles. The molecule has 2 N–H and O–H groups in total. The summed E-state index contributed by atoms with van der Waals surface area (Å²) in [5.41, 5.74) is 1.67. The summed E-state index contributed by atoms with van der Waals surface area (Å²) >= 11 is 0. The van der Waals surface area contributed by atoms with Gasteiger partial charge in [0.15, 0.2) is 0 Å². The molecule has 1 unspecified atom stereocenters. The number of nitrogens with zero attached hydrogens (tertiary/aromatic N) is 2. The molecule has 0 saturated carbocycles. The van der Waals surface area contributed by atoms with E-state index < -0.39 is 5.60 Å². The Morgan fingerprint density at radius 3 is 2.75 bits per heavy atom. The molecule has 2 aromatic heterocycles. The number of hydrogen-bond acceptors (Lipinski definition) is 5. The highest BCUT2D eigenvalue weighted by atomic mass is 16.5. The Bertz CT molecular complexity index is 713. The van der Waals surface area contributed by atoms with Crippen LogP contribution in [-0.2, 0) is 19.2 Å². The molecule has 0 fully saturated rings. The third kappa shape index (κ3) is 3.88. The van der Waals surface area contributed by atoms with Gasteiger partial charge in [0.25, 0.3) is 0 Å². The summed E-state index contributed by atoms with van der Waals surface area (Å²) in [4.78, 5) is 0. The Kier molecular flexibility index (Phi) is 5.51. The molecule has 0 saturated heterocycles. The molecule has 6 nitrogen and oxygen atoms in total. The van der Waals surface area contributed by atoms with Gasteiger partial charge in [0.2, 0.25) is 5.88 Å². The zero-order valence-electron chi connectivity index (χ0n) is 15.1. The number of nitrogens with one attached hydrogen (secondary N) is 1. The molecule has 2 rings (SSSR count). The van der Waals surface area contributed by atoms with Gasteiger partial charge in [0.1, 0.15) is 23.7 Å². The molecule has 0 aliphatic heterocycles. The number of rotatable bonds is 8. The lowest BCUT2D eigenvalue weighted by Gasteiger charge is -2.23. The minimum Gasteiger partial charge on any atom is -0.473 e. The molecule has 0 aliphatic rings. The van der Waals surface area contributed by atoms with Crippen LogP contribution in [0.4, 0.5) is 0 Å². The molecular formula is C18H27N3O3. The molecule has 0 aromatic carbocycles. The van der Waals surface area contributed by atoms with Gasteiger partial charge in [-0.05, 0) is 33.8 Å². The number of hydrogen-bond donors (Lipinski definition) is 2. The fraction of sp³-hybridized carbons (Fsp3) is 0.500. The highest BCUT2D eigenvalue weighted by Gasteiger charge is 2.27. The Hall–Kier alpha value is -2.05. The van der Waals surface area contributed by atoms with Crippen molar-refractivity contribution in [1.82, 2.24) is 15.1 Å². The maximum Gasteiger partial charge on any atom is 0.216 e. The summed E-state index contributed by atoms with van der Waals surface area (Å²) in [5.74, 6) is 2.26. The van der Waals surface area contributed by atoms with Crippen LogP contribution in [0.25, 0.3) is 0 Å². The lowest BCUT2D eigenvalue weighted by molar-refractivity contribution is 0.0551. The third-order valence-corrected chi connectivity index (χ3v) is 4.02. The van der Waals surface area contributed by atoms with Crippen molar-refractivity contribution < 1.29 is 14.3 Å².